The molecule has 1 heterocycles. The van der Waals surface area contributed by atoms with Gasteiger partial charge in [0.2, 0.25) is 0 Å². The molecule has 0 radical (unpaired) electrons. The molecule has 100 valence electrons. The Morgan fingerprint density at radius 2 is 1.94 bits per heavy atom. The topological polar surface area (TPSA) is 36.0 Å². The number of aromatic amines is 1. The normalized spacial score (nSPS) is 11.2. The summed E-state index contributed by atoms with van der Waals surface area (Å²) in [6.45, 7) is 8.10. The van der Waals surface area contributed by atoms with E-state index in [1.807, 2.05) is 33.9 Å². The zero-order chi connectivity index (χ0) is 13.8. The van der Waals surface area contributed by atoms with Gasteiger partial charge in [0.05, 0.1) is 0 Å². The third-order valence-electron chi connectivity index (χ3n) is 2.83. The number of aliphatic hydroxyl groups excluding tert-OH is 1. The van der Waals surface area contributed by atoms with Gasteiger partial charge >= 0.3 is 0 Å². The second-order valence-corrected chi connectivity index (χ2v) is 5.00. The van der Waals surface area contributed by atoms with E-state index in [0.29, 0.717) is 0 Å². The van der Waals surface area contributed by atoms with Crippen LogP contribution in [0.15, 0.2) is 24.4 Å². The van der Waals surface area contributed by atoms with E-state index in [4.69, 9.17) is 0 Å². The lowest BCUT2D eigenvalue weighted by Gasteiger charge is -2.20. The number of fused-ring (bicyclic) bond motifs is 1. The summed E-state index contributed by atoms with van der Waals surface area (Å²) in [5.41, 5.74) is 1.81. The lowest BCUT2D eigenvalue weighted by Crippen LogP contribution is -2.19. The summed E-state index contributed by atoms with van der Waals surface area (Å²) in [4.78, 5) is 3.11. The van der Waals surface area contributed by atoms with Crippen LogP contribution in [0.5, 0.6) is 0 Å². The van der Waals surface area contributed by atoms with Crippen molar-refractivity contribution in [3.63, 3.8) is 0 Å². The zero-order valence-electron chi connectivity index (χ0n) is 11.5. The summed E-state index contributed by atoms with van der Waals surface area (Å²) in [7, 11) is 0. The molecule has 2 N–H and O–H groups in total. The van der Waals surface area contributed by atoms with Crippen molar-refractivity contribution in [1.82, 2.24) is 4.98 Å². The summed E-state index contributed by atoms with van der Waals surface area (Å²) in [5, 5.41) is 10.1. The van der Waals surface area contributed by atoms with E-state index in [1.165, 1.54) is 12.1 Å². The van der Waals surface area contributed by atoms with Crippen molar-refractivity contribution in [1.29, 1.82) is 0 Å². The molecule has 0 spiro atoms. The van der Waals surface area contributed by atoms with Crippen molar-refractivity contribution in [3.05, 3.63) is 35.8 Å². The fourth-order valence-corrected chi connectivity index (χ4v) is 1.87. The molecular formula is C15H22FNO. The number of halogens is 1. The molecule has 3 heteroatoms. The second kappa shape index (κ2) is 6.01. The van der Waals surface area contributed by atoms with Gasteiger partial charge in [0.15, 0.2) is 0 Å². The highest BCUT2D eigenvalue weighted by Gasteiger charge is 2.19. The van der Waals surface area contributed by atoms with Crippen molar-refractivity contribution in [2.45, 2.75) is 34.1 Å². The molecule has 1 aromatic heterocycles. The standard InChI is InChI=1S/C13H16FNO.C2H6/c1-13(2,8-16)6-9-7-15-12-4-3-10(14)5-11(9)12;1-2/h3-5,7,15-16H,6,8H2,1-2H3;1-2H3. The lowest BCUT2D eigenvalue weighted by molar-refractivity contribution is 0.160. The first kappa shape index (κ1) is 14.7. The molecule has 1 aromatic carbocycles. The minimum atomic E-state index is -0.227. The number of aromatic nitrogens is 1. The van der Waals surface area contributed by atoms with Gasteiger partial charge in [-0.25, -0.2) is 4.39 Å². The van der Waals surface area contributed by atoms with E-state index in [-0.39, 0.29) is 17.8 Å². The predicted molar refractivity (Wildman–Crippen MR) is 74.2 cm³/mol. The van der Waals surface area contributed by atoms with Gasteiger partial charge in [0, 0.05) is 23.7 Å². The minimum Gasteiger partial charge on any atom is -0.396 e. The highest BCUT2D eigenvalue weighted by molar-refractivity contribution is 5.83. The monoisotopic (exact) mass is 251 g/mol. The number of nitrogens with one attached hydrogen (secondary N) is 1. The molecule has 0 fully saturated rings. The number of benzene rings is 1. The van der Waals surface area contributed by atoms with Crippen LogP contribution in [-0.2, 0) is 6.42 Å². The van der Waals surface area contributed by atoms with Crippen LogP contribution in [0.1, 0.15) is 33.3 Å². The number of aliphatic hydroxyl groups is 1. The fraction of sp³-hybridized carbons (Fsp3) is 0.467. The quantitative estimate of drug-likeness (QED) is 0.853. The first-order valence-corrected chi connectivity index (χ1v) is 6.38. The van der Waals surface area contributed by atoms with Crippen molar-refractivity contribution < 1.29 is 9.50 Å². The summed E-state index contributed by atoms with van der Waals surface area (Å²) < 4.78 is 13.1. The second-order valence-electron chi connectivity index (χ2n) is 5.00. The van der Waals surface area contributed by atoms with Crippen LogP contribution in [0.4, 0.5) is 4.39 Å². The summed E-state index contributed by atoms with van der Waals surface area (Å²) in [6.07, 6.45) is 2.62. The van der Waals surface area contributed by atoms with Crippen LogP contribution >= 0.6 is 0 Å². The summed E-state index contributed by atoms with van der Waals surface area (Å²) in [5.74, 6) is -0.227. The Morgan fingerprint density at radius 3 is 2.56 bits per heavy atom. The van der Waals surface area contributed by atoms with E-state index in [0.717, 1.165) is 22.9 Å². The van der Waals surface area contributed by atoms with Crippen LogP contribution in [0, 0.1) is 11.2 Å². The Labute approximate surface area is 108 Å². The van der Waals surface area contributed by atoms with Crippen LogP contribution in [-0.4, -0.2) is 16.7 Å². The maximum absolute atomic E-state index is 13.1. The molecule has 0 bridgehead atoms. The van der Waals surface area contributed by atoms with Crippen LogP contribution in [0.2, 0.25) is 0 Å². The molecule has 0 aliphatic rings. The Hall–Kier alpha value is -1.35. The molecule has 0 aliphatic heterocycles. The molecular weight excluding hydrogens is 229 g/mol. The van der Waals surface area contributed by atoms with Crippen LogP contribution in [0.25, 0.3) is 10.9 Å². The van der Waals surface area contributed by atoms with Crippen molar-refractivity contribution in [3.8, 4) is 0 Å². The van der Waals surface area contributed by atoms with Crippen molar-refractivity contribution in [2.24, 2.45) is 5.41 Å². The first-order valence-electron chi connectivity index (χ1n) is 6.38. The minimum absolute atomic E-state index is 0.120. The molecule has 0 saturated carbocycles. The molecule has 2 aromatic rings. The number of H-pyrrole nitrogens is 1. The van der Waals surface area contributed by atoms with Crippen LogP contribution in [0.3, 0.4) is 0 Å². The summed E-state index contributed by atoms with van der Waals surface area (Å²) in [6, 6.07) is 4.72. The SMILES string of the molecule is CC.CC(C)(CO)Cc1c[nH]c2ccc(F)cc12. The predicted octanol–water partition coefficient (Wildman–Crippen LogP) is 3.89. The Kier molecular flexibility index (Phi) is 4.91. The van der Waals surface area contributed by atoms with Gasteiger partial charge in [-0.05, 0) is 35.6 Å². The Balaban J connectivity index is 0.000000771. The third-order valence-corrected chi connectivity index (χ3v) is 2.83. The van der Waals surface area contributed by atoms with Gasteiger partial charge in [0.1, 0.15) is 5.82 Å². The highest BCUT2D eigenvalue weighted by atomic mass is 19.1. The average molecular weight is 251 g/mol. The molecule has 0 amide bonds. The molecule has 0 aliphatic carbocycles. The van der Waals surface area contributed by atoms with Crippen molar-refractivity contribution in [2.75, 3.05) is 6.61 Å². The van der Waals surface area contributed by atoms with Gasteiger partial charge in [-0.15, -0.1) is 0 Å². The number of hydrogen-bond acceptors (Lipinski definition) is 1. The number of hydrogen-bond donors (Lipinski definition) is 2. The maximum atomic E-state index is 13.1. The van der Waals surface area contributed by atoms with Gasteiger partial charge in [-0.1, -0.05) is 27.7 Å². The lowest BCUT2D eigenvalue weighted by atomic mass is 9.87. The molecule has 0 atom stereocenters. The van der Waals surface area contributed by atoms with Gasteiger partial charge in [-0.2, -0.15) is 0 Å². The van der Waals surface area contributed by atoms with Gasteiger partial charge < -0.3 is 10.1 Å². The largest absolute Gasteiger partial charge is 0.396 e. The van der Waals surface area contributed by atoms with Gasteiger partial charge in [-0.3, -0.25) is 0 Å². The molecule has 18 heavy (non-hydrogen) atoms. The van der Waals surface area contributed by atoms with E-state index in [1.54, 1.807) is 6.07 Å². The fourth-order valence-electron chi connectivity index (χ4n) is 1.87. The summed E-state index contributed by atoms with van der Waals surface area (Å²) >= 11 is 0. The molecule has 0 saturated heterocycles. The molecule has 2 nitrogen and oxygen atoms in total. The smallest absolute Gasteiger partial charge is 0.123 e. The Bertz CT molecular complexity index is 502. The van der Waals surface area contributed by atoms with Gasteiger partial charge in [0.25, 0.3) is 0 Å². The van der Waals surface area contributed by atoms with E-state index in [9.17, 15) is 9.50 Å². The van der Waals surface area contributed by atoms with E-state index in [2.05, 4.69) is 4.98 Å². The molecule has 2 rings (SSSR count). The maximum Gasteiger partial charge on any atom is 0.123 e. The third kappa shape index (κ3) is 3.33. The zero-order valence-corrected chi connectivity index (χ0v) is 11.5. The van der Waals surface area contributed by atoms with Crippen LogP contribution < -0.4 is 0 Å². The Morgan fingerprint density at radius 1 is 1.28 bits per heavy atom. The van der Waals surface area contributed by atoms with E-state index >= 15 is 0 Å². The average Bonchev–Trinajstić information content (AvgIpc) is 2.74. The van der Waals surface area contributed by atoms with E-state index < -0.39 is 0 Å². The highest BCUT2D eigenvalue weighted by Crippen LogP contribution is 2.27. The first-order chi connectivity index (χ1) is 8.52. The molecule has 0 unspecified atom stereocenters. The van der Waals surface area contributed by atoms with Crippen molar-refractivity contribution >= 4 is 10.9 Å². The number of rotatable bonds is 3.